The average molecular weight is 185 g/mol. The highest BCUT2D eigenvalue weighted by Crippen LogP contribution is 1.94. The minimum atomic E-state index is 0.595. The van der Waals surface area contributed by atoms with Gasteiger partial charge in [-0.25, -0.2) is 0 Å². The van der Waals surface area contributed by atoms with Crippen LogP contribution in [-0.2, 0) is 0 Å². The van der Waals surface area contributed by atoms with E-state index in [1.807, 2.05) is 0 Å². The van der Waals surface area contributed by atoms with Crippen molar-refractivity contribution < 1.29 is 0 Å². The Labute approximate surface area is 82.2 Å². The summed E-state index contributed by atoms with van der Waals surface area (Å²) in [6, 6.07) is 0. The van der Waals surface area contributed by atoms with E-state index in [1.165, 1.54) is 6.42 Å². The van der Waals surface area contributed by atoms with Crippen LogP contribution in [0.3, 0.4) is 0 Å². The van der Waals surface area contributed by atoms with Gasteiger partial charge in [0.25, 0.3) is 0 Å². The minimum absolute atomic E-state index is 0.595. The van der Waals surface area contributed by atoms with Gasteiger partial charge >= 0.3 is 0 Å². The SMILES string of the molecule is C=C(CN)CN(C)CCCN(C)C. The van der Waals surface area contributed by atoms with Crippen LogP contribution in [0, 0.1) is 0 Å². The van der Waals surface area contributed by atoms with Gasteiger partial charge in [0.2, 0.25) is 0 Å². The van der Waals surface area contributed by atoms with E-state index in [0.29, 0.717) is 6.54 Å². The van der Waals surface area contributed by atoms with Crippen molar-refractivity contribution in [3.8, 4) is 0 Å². The van der Waals surface area contributed by atoms with E-state index in [2.05, 4.69) is 37.5 Å². The second kappa shape index (κ2) is 7.06. The van der Waals surface area contributed by atoms with E-state index in [9.17, 15) is 0 Å². The normalized spacial score (nSPS) is 11.2. The fourth-order valence-corrected chi connectivity index (χ4v) is 1.18. The summed E-state index contributed by atoms with van der Waals surface area (Å²) in [6.45, 7) is 7.64. The molecule has 0 aromatic carbocycles. The Morgan fingerprint density at radius 2 is 1.85 bits per heavy atom. The van der Waals surface area contributed by atoms with E-state index in [0.717, 1.165) is 25.2 Å². The van der Waals surface area contributed by atoms with Crippen LogP contribution in [0.4, 0.5) is 0 Å². The molecule has 0 aliphatic rings. The van der Waals surface area contributed by atoms with Crippen LogP contribution in [0.15, 0.2) is 12.2 Å². The van der Waals surface area contributed by atoms with Gasteiger partial charge in [-0.1, -0.05) is 6.58 Å². The Morgan fingerprint density at radius 3 is 2.31 bits per heavy atom. The molecule has 78 valence electrons. The molecule has 0 amide bonds. The lowest BCUT2D eigenvalue weighted by molar-refractivity contribution is 0.317. The van der Waals surface area contributed by atoms with Crippen molar-refractivity contribution in [1.82, 2.24) is 9.80 Å². The summed E-state index contributed by atoms with van der Waals surface area (Å²) in [5, 5.41) is 0. The zero-order valence-corrected chi connectivity index (χ0v) is 9.21. The van der Waals surface area contributed by atoms with Crippen LogP contribution in [0.2, 0.25) is 0 Å². The summed E-state index contributed by atoms with van der Waals surface area (Å²) >= 11 is 0. The third kappa shape index (κ3) is 7.96. The molecule has 0 saturated heterocycles. The summed E-state index contributed by atoms with van der Waals surface area (Å²) in [6.07, 6.45) is 1.20. The second-order valence-corrected chi connectivity index (χ2v) is 3.85. The van der Waals surface area contributed by atoms with Crippen LogP contribution in [0.25, 0.3) is 0 Å². The molecule has 0 fully saturated rings. The highest BCUT2D eigenvalue weighted by atomic mass is 15.1. The number of nitrogens with two attached hydrogens (primary N) is 1. The molecule has 13 heavy (non-hydrogen) atoms. The number of rotatable bonds is 7. The number of hydrogen-bond donors (Lipinski definition) is 1. The minimum Gasteiger partial charge on any atom is -0.327 e. The van der Waals surface area contributed by atoms with Crippen molar-refractivity contribution in [2.45, 2.75) is 6.42 Å². The maximum Gasteiger partial charge on any atom is 0.0199 e. The van der Waals surface area contributed by atoms with E-state index in [4.69, 9.17) is 5.73 Å². The van der Waals surface area contributed by atoms with Gasteiger partial charge in [0.15, 0.2) is 0 Å². The van der Waals surface area contributed by atoms with Gasteiger partial charge in [-0.05, 0) is 46.2 Å². The second-order valence-electron chi connectivity index (χ2n) is 3.85. The molecule has 0 heterocycles. The molecule has 0 rings (SSSR count). The molecule has 2 N–H and O–H groups in total. The van der Waals surface area contributed by atoms with E-state index in [1.54, 1.807) is 0 Å². The lowest BCUT2D eigenvalue weighted by atomic mass is 10.3. The third-order valence-corrected chi connectivity index (χ3v) is 1.93. The highest BCUT2D eigenvalue weighted by Gasteiger charge is 1.99. The van der Waals surface area contributed by atoms with E-state index >= 15 is 0 Å². The van der Waals surface area contributed by atoms with Crippen molar-refractivity contribution in [3.05, 3.63) is 12.2 Å². The fraction of sp³-hybridized carbons (Fsp3) is 0.800. The summed E-state index contributed by atoms with van der Waals surface area (Å²) in [5.74, 6) is 0. The molecule has 0 bridgehead atoms. The standard InChI is InChI=1S/C10H23N3/c1-10(8-11)9-13(4)7-5-6-12(2)3/h1,5-9,11H2,2-4H3. The number of nitrogens with zero attached hydrogens (tertiary/aromatic N) is 2. The van der Waals surface area contributed by atoms with Crippen molar-refractivity contribution in [2.75, 3.05) is 47.3 Å². The van der Waals surface area contributed by atoms with E-state index < -0.39 is 0 Å². The zero-order chi connectivity index (χ0) is 10.3. The van der Waals surface area contributed by atoms with Crippen LogP contribution >= 0.6 is 0 Å². The molecule has 3 nitrogen and oxygen atoms in total. The van der Waals surface area contributed by atoms with Crippen molar-refractivity contribution in [2.24, 2.45) is 5.73 Å². The third-order valence-electron chi connectivity index (χ3n) is 1.93. The smallest absolute Gasteiger partial charge is 0.0199 e. The van der Waals surface area contributed by atoms with Crippen LogP contribution in [-0.4, -0.2) is 57.1 Å². The molecule has 3 heteroatoms. The molecule has 0 saturated carbocycles. The summed E-state index contributed by atoms with van der Waals surface area (Å²) in [5.41, 5.74) is 6.57. The van der Waals surface area contributed by atoms with Gasteiger partial charge in [-0.2, -0.15) is 0 Å². The van der Waals surface area contributed by atoms with Crippen LogP contribution in [0.1, 0.15) is 6.42 Å². The first kappa shape index (κ1) is 12.6. The lowest BCUT2D eigenvalue weighted by Crippen LogP contribution is -2.27. The van der Waals surface area contributed by atoms with Crippen molar-refractivity contribution in [1.29, 1.82) is 0 Å². The van der Waals surface area contributed by atoms with Gasteiger partial charge in [-0.3, -0.25) is 0 Å². The van der Waals surface area contributed by atoms with Gasteiger partial charge < -0.3 is 15.5 Å². The molecule has 0 unspecified atom stereocenters. The molecule has 0 aromatic rings. The molecular weight excluding hydrogens is 162 g/mol. The first-order valence-corrected chi connectivity index (χ1v) is 4.76. The molecule has 0 spiro atoms. The average Bonchev–Trinajstić information content (AvgIpc) is 2.03. The summed E-state index contributed by atoms with van der Waals surface area (Å²) < 4.78 is 0. The summed E-state index contributed by atoms with van der Waals surface area (Å²) in [4.78, 5) is 4.46. The zero-order valence-electron chi connectivity index (χ0n) is 9.21. The molecule has 0 radical (unpaired) electrons. The monoisotopic (exact) mass is 185 g/mol. The topological polar surface area (TPSA) is 32.5 Å². The maximum absolute atomic E-state index is 5.46. The molecule has 0 aromatic heterocycles. The quantitative estimate of drug-likeness (QED) is 0.582. The van der Waals surface area contributed by atoms with Gasteiger partial charge in [-0.15, -0.1) is 0 Å². The molecule has 0 aliphatic carbocycles. The van der Waals surface area contributed by atoms with Gasteiger partial charge in [0, 0.05) is 13.1 Å². The Kier molecular flexibility index (Phi) is 6.86. The maximum atomic E-state index is 5.46. The number of hydrogen-bond acceptors (Lipinski definition) is 3. The first-order valence-electron chi connectivity index (χ1n) is 4.76. The largest absolute Gasteiger partial charge is 0.327 e. The van der Waals surface area contributed by atoms with Gasteiger partial charge in [0.1, 0.15) is 0 Å². The van der Waals surface area contributed by atoms with Crippen LogP contribution in [0.5, 0.6) is 0 Å². The molecule has 0 atom stereocenters. The van der Waals surface area contributed by atoms with E-state index in [-0.39, 0.29) is 0 Å². The lowest BCUT2D eigenvalue weighted by Gasteiger charge is -2.18. The van der Waals surface area contributed by atoms with Crippen molar-refractivity contribution >= 4 is 0 Å². The predicted molar refractivity (Wildman–Crippen MR) is 58.9 cm³/mol. The van der Waals surface area contributed by atoms with Gasteiger partial charge in [0.05, 0.1) is 0 Å². The Bertz CT molecular complexity index is 143. The molecular formula is C10H23N3. The Morgan fingerprint density at radius 1 is 1.23 bits per heavy atom. The van der Waals surface area contributed by atoms with Crippen molar-refractivity contribution in [3.63, 3.8) is 0 Å². The highest BCUT2D eigenvalue weighted by molar-refractivity contribution is 4.97. The number of likely N-dealkylation sites (N-methyl/N-ethyl adjacent to an activating group) is 1. The predicted octanol–water partition coefficient (Wildman–Crippen LogP) is 0.385. The first-order chi connectivity index (χ1) is 6.06. The Hall–Kier alpha value is -0.380. The molecule has 0 aliphatic heterocycles. The fourth-order valence-electron chi connectivity index (χ4n) is 1.18. The Balaban J connectivity index is 3.40. The summed E-state index contributed by atoms with van der Waals surface area (Å²) in [7, 11) is 6.30. The van der Waals surface area contributed by atoms with Crippen LogP contribution < -0.4 is 5.73 Å².